The van der Waals surface area contributed by atoms with Gasteiger partial charge in [0.05, 0.1) is 22.3 Å². The number of carbonyl (C=O) groups excluding carboxylic acids is 1. The van der Waals surface area contributed by atoms with Crippen molar-refractivity contribution in [2.24, 2.45) is 23.5 Å². The zero-order valence-electron chi connectivity index (χ0n) is 16.7. The van der Waals surface area contributed by atoms with Crippen LogP contribution in [0.5, 0.6) is 0 Å². The molecule has 29 heavy (non-hydrogen) atoms. The molecule has 2 fully saturated rings. The summed E-state index contributed by atoms with van der Waals surface area (Å²) in [7, 11) is 0. The number of nitrogens with zero attached hydrogens (tertiary/aromatic N) is 4. The monoisotopic (exact) mass is 413 g/mol. The highest BCUT2D eigenvalue weighted by atomic mass is 35.5. The quantitative estimate of drug-likeness (QED) is 0.772. The number of primary amides is 1. The molecule has 3 rings (SSSR count). The highest BCUT2D eigenvalue weighted by Gasteiger charge is 2.31. The van der Waals surface area contributed by atoms with Crippen molar-refractivity contribution in [1.82, 2.24) is 4.90 Å². The van der Waals surface area contributed by atoms with Crippen molar-refractivity contribution in [3.63, 3.8) is 0 Å². The van der Waals surface area contributed by atoms with Gasteiger partial charge in [0.25, 0.3) is 0 Å². The molecule has 1 atom stereocenters. The Kier molecular flexibility index (Phi) is 7.36. The van der Waals surface area contributed by atoms with Gasteiger partial charge in [-0.2, -0.15) is 10.5 Å². The minimum atomic E-state index is -0.631. The lowest BCUT2D eigenvalue weighted by molar-refractivity contribution is -0.122. The van der Waals surface area contributed by atoms with Crippen molar-refractivity contribution < 1.29 is 4.79 Å². The first-order chi connectivity index (χ1) is 14.0. The summed E-state index contributed by atoms with van der Waals surface area (Å²) in [6, 6.07) is 9.94. The summed E-state index contributed by atoms with van der Waals surface area (Å²) in [6.45, 7) is 4.81. The van der Waals surface area contributed by atoms with Gasteiger partial charge in [0.15, 0.2) is 0 Å². The van der Waals surface area contributed by atoms with Gasteiger partial charge in [0, 0.05) is 26.2 Å². The van der Waals surface area contributed by atoms with Crippen LogP contribution in [0.25, 0.3) is 0 Å². The number of hydrogen-bond donors (Lipinski definition) is 1. The van der Waals surface area contributed by atoms with Gasteiger partial charge in [0.2, 0.25) is 5.91 Å². The minimum Gasteiger partial charge on any atom is -0.369 e. The summed E-state index contributed by atoms with van der Waals surface area (Å²) in [5, 5.41) is 19.1. The molecule has 0 spiro atoms. The molecule has 1 heterocycles. The summed E-state index contributed by atoms with van der Waals surface area (Å²) < 4.78 is 0. The lowest BCUT2D eigenvalue weighted by Gasteiger charge is -2.37. The Morgan fingerprint density at radius 2 is 1.86 bits per heavy atom. The van der Waals surface area contributed by atoms with Crippen molar-refractivity contribution >= 4 is 23.2 Å². The molecule has 1 saturated heterocycles. The first kappa shape index (κ1) is 21.4. The van der Waals surface area contributed by atoms with Crippen LogP contribution in [0.4, 0.5) is 5.69 Å². The second-order valence-corrected chi connectivity index (χ2v) is 8.56. The number of anilines is 1. The molecule has 1 unspecified atom stereocenters. The van der Waals surface area contributed by atoms with E-state index in [1.165, 1.54) is 0 Å². The molecule has 1 saturated carbocycles. The molecule has 1 aromatic carbocycles. The zero-order chi connectivity index (χ0) is 20.8. The van der Waals surface area contributed by atoms with Crippen LogP contribution in [-0.2, 0) is 4.79 Å². The van der Waals surface area contributed by atoms with Gasteiger partial charge in [-0.1, -0.05) is 30.5 Å². The van der Waals surface area contributed by atoms with E-state index in [1.807, 2.05) is 12.1 Å². The van der Waals surface area contributed by atoms with Crippen molar-refractivity contribution in [2.75, 3.05) is 37.6 Å². The topological polar surface area (TPSA) is 97.2 Å². The average Bonchev–Trinajstić information content (AvgIpc) is 2.73. The second-order valence-electron chi connectivity index (χ2n) is 8.15. The first-order valence-electron chi connectivity index (χ1n) is 10.4. The summed E-state index contributed by atoms with van der Waals surface area (Å²) in [6.07, 6.45) is 5.14. The molecule has 0 aromatic heterocycles. The summed E-state index contributed by atoms with van der Waals surface area (Å²) in [5.41, 5.74) is 6.84. The lowest BCUT2D eigenvalue weighted by atomic mass is 9.75. The first-order valence-corrected chi connectivity index (χ1v) is 10.8. The highest BCUT2D eigenvalue weighted by Crippen LogP contribution is 2.35. The van der Waals surface area contributed by atoms with Gasteiger partial charge >= 0.3 is 0 Å². The molecule has 1 amide bonds. The van der Waals surface area contributed by atoms with Crippen LogP contribution in [0.1, 0.15) is 37.7 Å². The van der Waals surface area contributed by atoms with Crippen molar-refractivity contribution in [1.29, 1.82) is 10.5 Å². The molecule has 0 bridgehead atoms. The Morgan fingerprint density at radius 3 is 2.45 bits per heavy atom. The Balaban J connectivity index is 1.43. The molecule has 0 radical (unpaired) electrons. The van der Waals surface area contributed by atoms with E-state index in [0.29, 0.717) is 16.5 Å². The van der Waals surface area contributed by atoms with Gasteiger partial charge in [-0.25, -0.2) is 0 Å². The number of carbonyl (C=O) groups is 1. The second kappa shape index (κ2) is 9.96. The van der Waals surface area contributed by atoms with Gasteiger partial charge in [-0.15, -0.1) is 0 Å². The molecule has 1 aromatic rings. The van der Waals surface area contributed by atoms with Crippen LogP contribution in [0, 0.1) is 40.4 Å². The fourth-order valence-corrected chi connectivity index (χ4v) is 4.89. The van der Waals surface area contributed by atoms with Crippen LogP contribution < -0.4 is 10.6 Å². The highest BCUT2D eigenvalue weighted by molar-refractivity contribution is 6.32. The number of hydrogen-bond acceptors (Lipinski definition) is 5. The average molecular weight is 414 g/mol. The van der Waals surface area contributed by atoms with Crippen LogP contribution in [0.15, 0.2) is 18.2 Å². The van der Waals surface area contributed by atoms with E-state index in [9.17, 15) is 10.1 Å². The Hall–Kier alpha value is -2.28. The smallest absolute Gasteiger partial charge is 0.235 e. The fourth-order valence-electron chi connectivity index (χ4n) is 4.68. The lowest BCUT2D eigenvalue weighted by Crippen LogP contribution is -2.47. The van der Waals surface area contributed by atoms with Crippen LogP contribution in [0.3, 0.4) is 0 Å². The van der Waals surface area contributed by atoms with E-state index in [4.69, 9.17) is 22.6 Å². The third-order valence-electron chi connectivity index (χ3n) is 6.48. The van der Waals surface area contributed by atoms with Gasteiger partial charge in [0.1, 0.15) is 12.0 Å². The van der Waals surface area contributed by atoms with E-state index in [-0.39, 0.29) is 5.92 Å². The Labute approximate surface area is 177 Å². The van der Waals surface area contributed by atoms with Gasteiger partial charge in [-0.05, 0) is 49.8 Å². The van der Waals surface area contributed by atoms with E-state index < -0.39 is 11.8 Å². The predicted octanol–water partition coefficient (Wildman–Crippen LogP) is 3.16. The molecule has 7 heteroatoms. The summed E-state index contributed by atoms with van der Waals surface area (Å²) >= 11 is 6.17. The van der Waals surface area contributed by atoms with E-state index in [1.54, 1.807) is 6.07 Å². The summed E-state index contributed by atoms with van der Waals surface area (Å²) in [4.78, 5) is 16.1. The standard InChI is InChI=1S/C22H28ClN5O/c23-20-2-1-3-21(19(20)15-25)28-12-10-27(11-13-28)9-8-16-4-6-17(7-5-16)18(14-24)22(26)29/h1-3,16-18H,4-13H2,(H2,26,29). The number of halogens is 1. The molecule has 1 aliphatic heterocycles. The maximum atomic E-state index is 11.4. The number of amides is 1. The number of nitriles is 2. The Morgan fingerprint density at radius 1 is 1.17 bits per heavy atom. The number of piperazine rings is 1. The minimum absolute atomic E-state index is 0.129. The third-order valence-corrected chi connectivity index (χ3v) is 6.79. The van der Waals surface area contributed by atoms with E-state index in [0.717, 1.165) is 70.5 Å². The molecular weight excluding hydrogens is 386 g/mol. The molecule has 2 aliphatic rings. The molecule has 1 aliphatic carbocycles. The molecule has 154 valence electrons. The van der Waals surface area contributed by atoms with Crippen molar-refractivity contribution in [3.05, 3.63) is 28.8 Å². The maximum absolute atomic E-state index is 11.4. The largest absolute Gasteiger partial charge is 0.369 e. The maximum Gasteiger partial charge on any atom is 0.235 e. The predicted molar refractivity (Wildman–Crippen MR) is 113 cm³/mol. The zero-order valence-corrected chi connectivity index (χ0v) is 17.4. The van der Waals surface area contributed by atoms with Gasteiger partial charge in [-0.3, -0.25) is 9.69 Å². The third kappa shape index (κ3) is 5.21. The van der Waals surface area contributed by atoms with Crippen molar-refractivity contribution in [3.8, 4) is 12.1 Å². The van der Waals surface area contributed by atoms with Crippen LogP contribution in [-0.4, -0.2) is 43.5 Å². The molecule has 6 nitrogen and oxygen atoms in total. The SMILES string of the molecule is N#Cc1c(Cl)cccc1N1CCN(CCC2CCC(C(C#N)C(N)=O)CC2)CC1. The van der Waals surface area contributed by atoms with Crippen molar-refractivity contribution in [2.45, 2.75) is 32.1 Å². The van der Waals surface area contributed by atoms with E-state index >= 15 is 0 Å². The Bertz CT molecular complexity index is 798. The van der Waals surface area contributed by atoms with Crippen LogP contribution in [0.2, 0.25) is 5.02 Å². The van der Waals surface area contributed by atoms with E-state index in [2.05, 4.69) is 21.9 Å². The molecular formula is C22H28ClN5O. The number of rotatable bonds is 6. The van der Waals surface area contributed by atoms with Crippen LogP contribution >= 0.6 is 11.6 Å². The fraction of sp³-hybridized carbons (Fsp3) is 0.591. The van der Waals surface area contributed by atoms with Gasteiger partial charge < -0.3 is 10.6 Å². The number of nitrogens with two attached hydrogens (primary N) is 1. The molecule has 2 N–H and O–H groups in total. The normalized spacial score (nSPS) is 23.8. The number of benzene rings is 1. The summed E-state index contributed by atoms with van der Waals surface area (Å²) in [5.74, 6) is -0.319.